The van der Waals surface area contributed by atoms with E-state index >= 15 is 0 Å². The second-order valence-corrected chi connectivity index (χ2v) is 4.74. The van der Waals surface area contributed by atoms with Crippen molar-refractivity contribution in [3.63, 3.8) is 0 Å². The SMILES string of the molecule is COc1ccc(/C=C(/NC(=O)c2ccco2)C(=O)NCCO)cc1. The standard InChI is InChI=1S/C17H18N2O5/c1-23-13-6-4-12(5-7-13)11-14(16(21)18-8-9-20)19-17(22)15-3-2-10-24-15/h2-7,10-11,20H,8-9H2,1H3,(H,18,21)(H,19,22)/b14-11+. The largest absolute Gasteiger partial charge is 0.497 e. The van der Waals surface area contributed by atoms with Gasteiger partial charge in [-0.2, -0.15) is 0 Å². The van der Waals surface area contributed by atoms with Crippen molar-refractivity contribution in [3.8, 4) is 5.75 Å². The minimum Gasteiger partial charge on any atom is -0.497 e. The molecule has 2 rings (SSSR count). The van der Waals surface area contributed by atoms with Gasteiger partial charge >= 0.3 is 0 Å². The predicted octanol–water partition coefficient (Wildman–Crippen LogP) is 1.17. The summed E-state index contributed by atoms with van der Waals surface area (Å²) in [5.74, 6) is -0.290. The van der Waals surface area contributed by atoms with E-state index in [0.717, 1.165) is 0 Å². The smallest absolute Gasteiger partial charge is 0.291 e. The number of methoxy groups -OCH3 is 1. The summed E-state index contributed by atoms with van der Waals surface area (Å²) >= 11 is 0. The molecule has 2 aromatic rings. The zero-order chi connectivity index (χ0) is 17.4. The Morgan fingerprint density at radius 3 is 2.58 bits per heavy atom. The van der Waals surface area contributed by atoms with Gasteiger partial charge in [0.05, 0.1) is 20.0 Å². The maximum absolute atomic E-state index is 12.2. The van der Waals surface area contributed by atoms with Crippen LogP contribution in [-0.4, -0.2) is 37.2 Å². The molecular formula is C17H18N2O5. The van der Waals surface area contributed by atoms with Crippen molar-refractivity contribution in [2.45, 2.75) is 0 Å². The van der Waals surface area contributed by atoms with Crippen LogP contribution in [0.4, 0.5) is 0 Å². The number of aliphatic hydroxyl groups is 1. The Hall–Kier alpha value is -3.06. The van der Waals surface area contributed by atoms with Crippen LogP contribution in [0.3, 0.4) is 0 Å². The Morgan fingerprint density at radius 1 is 1.25 bits per heavy atom. The Labute approximate surface area is 138 Å². The van der Waals surface area contributed by atoms with Crippen LogP contribution >= 0.6 is 0 Å². The van der Waals surface area contributed by atoms with E-state index in [1.165, 1.54) is 18.4 Å². The van der Waals surface area contributed by atoms with Crippen LogP contribution in [0.1, 0.15) is 16.1 Å². The Kier molecular flexibility index (Phi) is 6.16. The number of hydrogen-bond donors (Lipinski definition) is 3. The monoisotopic (exact) mass is 330 g/mol. The van der Waals surface area contributed by atoms with Gasteiger partial charge in [-0.25, -0.2) is 0 Å². The van der Waals surface area contributed by atoms with E-state index in [2.05, 4.69) is 10.6 Å². The molecule has 126 valence electrons. The van der Waals surface area contributed by atoms with E-state index in [9.17, 15) is 9.59 Å². The van der Waals surface area contributed by atoms with E-state index in [1.54, 1.807) is 37.4 Å². The third-order valence-electron chi connectivity index (χ3n) is 3.06. The van der Waals surface area contributed by atoms with Crippen LogP contribution < -0.4 is 15.4 Å². The summed E-state index contributed by atoms with van der Waals surface area (Å²) < 4.78 is 10.1. The molecule has 0 unspecified atom stereocenters. The first-order chi connectivity index (χ1) is 11.6. The highest BCUT2D eigenvalue weighted by atomic mass is 16.5. The molecule has 0 radical (unpaired) electrons. The molecule has 0 atom stereocenters. The number of benzene rings is 1. The molecule has 0 bridgehead atoms. The lowest BCUT2D eigenvalue weighted by atomic mass is 10.1. The number of furan rings is 1. The van der Waals surface area contributed by atoms with Crippen LogP contribution in [0.5, 0.6) is 5.75 Å². The third kappa shape index (κ3) is 4.72. The van der Waals surface area contributed by atoms with Crippen LogP contribution in [0, 0.1) is 0 Å². The van der Waals surface area contributed by atoms with Crippen LogP contribution in [0.2, 0.25) is 0 Å². The normalized spacial score (nSPS) is 11.0. The molecule has 3 N–H and O–H groups in total. The molecule has 0 aliphatic heterocycles. The maximum Gasteiger partial charge on any atom is 0.291 e. The van der Waals surface area contributed by atoms with E-state index in [0.29, 0.717) is 11.3 Å². The minimum absolute atomic E-state index is 0.0371. The molecule has 0 fully saturated rings. The average Bonchev–Trinajstić information content (AvgIpc) is 3.14. The number of hydrogen-bond acceptors (Lipinski definition) is 5. The maximum atomic E-state index is 12.2. The molecule has 7 nitrogen and oxygen atoms in total. The van der Waals surface area contributed by atoms with Gasteiger partial charge in [-0.05, 0) is 35.9 Å². The molecule has 1 aromatic heterocycles. The Bertz CT molecular complexity index is 705. The summed E-state index contributed by atoms with van der Waals surface area (Å²) in [6, 6.07) is 10.0. The second-order valence-electron chi connectivity index (χ2n) is 4.74. The first-order valence-corrected chi connectivity index (χ1v) is 7.23. The van der Waals surface area contributed by atoms with E-state index in [1.807, 2.05) is 0 Å². The number of carbonyl (C=O) groups is 2. The molecule has 1 heterocycles. The topological polar surface area (TPSA) is 101 Å². The molecular weight excluding hydrogens is 312 g/mol. The van der Waals surface area contributed by atoms with Crippen molar-refractivity contribution in [3.05, 3.63) is 59.7 Å². The van der Waals surface area contributed by atoms with Crippen LogP contribution in [0.15, 0.2) is 52.8 Å². The summed E-state index contributed by atoms with van der Waals surface area (Å²) in [5.41, 5.74) is 0.736. The van der Waals surface area contributed by atoms with Crippen molar-refractivity contribution >= 4 is 17.9 Å². The molecule has 24 heavy (non-hydrogen) atoms. The molecule has 0 saturated heterocycles. The third-order valence-corrected chi connectivity index (χ3v) is 3.06. The average molecular weight is 330 g/mol. The number of amides is 2. The first-order valence-electron chi connectivity index (χ1n) is 7.23. The van der Waals surface area contributed by atoms with Crippen molar-refractivity contribution in [1.29, 1.82) is 0 Å². The number of rotatable bonds is 7. The molecule has 2 amide bonds. The van der Waals surface area contributed by atoms with Gasteiger partial charge in [-0.15, -0.1) is 0 Å². The van der Waals surface area contributed by atoms with Gasteiger partial charge in [0.2, 0.25) is 0 Å². The predicted molar refractivity (Wildman–Crippen MR) is 87.2 cm³/mol. The van der Waals surface area contributed by atoms with Gasteiger partial charge in [0, 0.05) is 6.54 Å². The van der Waals surface area contributed by atoms with Crippen molar-refractivity contribution < 1.29 is 23.8 Å². The quantitative estimate of drug-likeness (QED) is 0.662. The fourth-order valence-corrected chi connectivity index (χ4v) is 1.88. The second kappa shape index (κ2) is 8.54. The molecule has 0 aliphatic carbocycles. The zero-order valence-electron chi connectivity index (χ0n) is 13.1. The summed E-state index contributed by atoms with van der Waals surface area (Å²) in [5, 5.41) is 13.8. The highest BCUT2D eigenvalue weighted by molar-refractivity contribution is 6.04. The van der Waals surface area contributed by atoms with Crippen LogP contribution in [0.25, 0.3) is 6.08 Å². The molecule has 0 saturated carbocycles. The van der Waals surface area contributed by atoms with Gasteiger partial charge in [-0.1, -0.05) is 12.1 Å². The van der Waals surface area contributed by atoms with E-state index in [-0.39, 0.29) is 24.6 Å². The molecule has 0 aliphatic rings. The lowest BCUT2D eigenvalue weighted by molar-refractivity contribution is -0.117. The Morgan fingerprint density at radius 2 is 2.00 bits per heavy atom. The van der Waals surface area contributed by atoms with Crippen molar-refractivity contribution in [2.75, 3.05) is 20.3 Å². The van der Waals surface area contributed by atoms with Gasteiger partial charge < -0.3 is 24.9 Å². The highest BCUT2D eigenvalue weighted by Gasteiger charge is 2.15. The highest BCUT2D eigenvalue weighted by Crippen LogP contribution is 2.14. The number of carbonyl (C=O) groups excluding carboxylic acids is 2. The number of nitrogens with one attached hydrogen (secondary N) is 2. The number of ether oxygens (including phenoxy) is 1. The van der Waals surface area contributed by atoms with Gasteiger partial charge in [0.25, 0.3) is 11.8 Å². The van der Waals surface area contributed by atoms with E-state index in [4.69, 9.17) is 14.3 Å². The molecule has 7 heteroatoms. The van der Waals surface area contributed by atoms with E-state index < -0.39 is 11.8 Å². The lowest BCUT2D eigenvalue weighted by Crippen LogP contribution is -2.36. The zero-order valence-corrected chi connectivity index (χ0v) is 13.1. The first kappa shape index (κ1) is 17.3. The summed E-state index contributed by atoms with van der Waals surface area (Å²) in [6.07, 6.45) is 2.89. The van der Waals surface area contributed by atoms with Gasteiger partial charge in [0.1, 0.15) is 11.4 Å². The number of aliphatic hydroxyl groups excluding tert-OH is 1. The van der Waals surface area contributed by atoms with Gasteiger partial charge in [0.15, 0.2) is 5.76 Å². The van der Waals surface area contributed by atoms with Crippen molar-refractivity contribution in [1.82, 2.24) is 10.6 Å². The fourth-order valence-electron chi connectivity index (χ4n) is 1.88. The summed E-state index contributed by atoms with van der Waals surface area (Å²) in [6.45, 7) is -0.122. The van der Waals surface area contributed by atoms with Crippen LogP contribution in [-0.2, 0) is 4.79 Å². The summed E-state index contributed by atoms with van der Waals surface area (Å²) in [4.78, 5) is 24.3. The minimum atomic E-state index is -0.543. The van der Waals surface area contributed by atoms with Crippen molar-refractivity contribution in [2.24, 2.45) is 0 Å². The molecule has 1 aromatic carbocycles. The fraction of sp³-hybridized carbons (Fsp3) is 0.176. The van der Waals surface area contributed by atoms with Gasteiger partial charge in [-0.3, -0.25) is 9.59 Å². The Balaban J connectivity index is 2.22. The lowest BCUT2D eigenvalue weighted by Gasteiger charge is -2.09. The summed E-state index contributed by atoms with van der Waals surface area (Å²) in [7, 11) is 1.56. The molecule has 0 spiro atoms.